The maximum Gasteiger partial charge on any atom is 0.480 e. The molecule has 0 aliphatic rings. The van der Waals surface area contributed by atoms with Crippen molar-refractivity contribution in [2.45, 2.75) is 340 Å². The van der Waals surface area contributed by atoms with Gasteiger partial charge in [-0.3, -0.25) is 0 Å². The minimum Gasteiger partial charge on any atom is -0.421 e. The molecule has 73 heavy (non-hydrogen) atoms. The van der Waals surface area contributed by atoms with Crippen LogP contribution < -0.4 is 0 Å². The molecule has 0 aromatic rings. The molecule has 0 saturated carbocycles. The van der Waals surface area contributed by atoms with E-state index >= 15 is 0 Å². The molecule has 442 valence electrons. The quantitative estimate of drug-likeness (QED) is 0.0371. The van der Waals surface area contributed by atoms with Gasteiger partial charge in [-0.2, -0.15) is 26.3 Å². The molecule has 0 aromatic carbocycles. The highest BCUT2D eigenvalue weighted by atomic mass is 32.3. The summed E-state index contributed by atoms with van der Waals surface area (Å²) in [6.45, 7) is 7.40. The fourth-order valence-electron chi connectivity index (χ4n) is 10.1. The Hall–Kier alpha value is -0.170. The lowest BCUT2D eigenvalue weighted by atomic mass is 10.0. The number of aliphatic hydroxyl groups is 1. The van der Waals surface area contributed by atoms with Crippen molar-refractivity contribution in [3.05, 3.63) is 4.13 Å². The van der Waals surface area contributed by atoms with Gasteiger partial charge in [-0.05, 0) is 38.5 Å². The van der Waals surface area contributed by atoms with E-state index in [1.165, 1.54) is 333 Å². The van der Waals surface area contributed by atoms with Crippen molar-refractivity contribution >= 4 is 27.3 Å². The zero-order valence-corrected chi connectivity index (χ0v) is 50.1. The van der Waals surface area contributed by atoms with Crippen LogP contribution in [-0.4, -0.2) is 64.2 Å². The lowest BCUT2D eigenvalue weighted by Gasteiger charge is -2.28. The van der Waals surface area contributed by atoms with Crippen molar-refractivity contribution in [3.8, 4) is 0 Å². The molecule has 0 aliphatic heterocycles. The van der Waals surface area contributed by atoms with Gasteiger partial charge in [0.15, 0.2) is 20.0 Å². The molecule has 6 nitrogen and oxygen atoms in total. The average Bonchev–Trinajstić information content (AvgIpc) is 3.33. The molecule has 0 atom stereocenters. The number of aliphatic hydroxyl groups excluding tert-OH is 1. The second-order valence-electron chi connectivity index (χ2n) is 21.8. The number of hydrogen-bond donors (Lipinski definition) is 1. The van der Waals surface area contributed by atoms with E-state index < -0.39 is 38.3 Å². The van der Waals surface area contributed by atoms with Gasteiger partial charge in [-0.25, -0.2) is 16.8 Å². The fraction of sp³-hybridized carbons (Fsp3) is 1.00. The Morgan fingerprint density at radius 2 is 0.438 bits per heavy atom. The summed E-state index contributed by atoms with van der Waals surface area (Å²) in [6, 6.07) is 0. The number of rotatable bonds is 55. The summed E-state index contributed by atoms with van der Waals surface area (Å²) in [5, 5.41) is 10.3. The number of halogens is 6. The van der Waals surface area contributed by atoms with Crippen LogP contribution >= 0.6 is 7.26 Å². The Labute approximate surface area is 448 Å². The monoisotopic (exact) mass is 1120 g/mol. The Bertz CT molecular complexity index is 1240. The normalized spacial score (nSPS) is 12.7. The molecule has 0 unspecified atom stereocenters. The summed E-state index contributed by atoms with van der Waals surface area (Å²) in [7, 11) is -14.5. The van der Waals surface area contributed by atoms with E-state index in [1.54, 1.807) is 0 Å². The van der Waals surface area contributed by atoms with Crippen LogP contribution in [0, 0.1) is 0 Å². The summed E-state index contributed by atoms with van der Waals surface area (Å²) >= 11 is 0. The van der Waals surface area contributed by atoms with Gasteiger partial charge >= 0.3 is 11.0 Å². The topological polar surface area (TPSA) is 103 Å². The minimum atomic E-state index is -6.72. The molecule has 15 heteroatoms. The molecule has 1 N–H and O–H groups in total. The van der Waals surface area contributed by atoms with Gasteiger partial charge in [0.05, 0.1) is 31.3 Å². The van der Waals surface area contributed by atoms with E-state index in [1.807, 2.05) is 0 Å². The van der Waals surface area contributed by atoms with E-state index in [-0.39, 0.29) is 0 Å². The second-order valence-corrected chi connectivity index (χ2v) is 29.7. The number of sulfonamides is 2. The predicted octanol–water partition coefficient (Wildman–Crippen LogP) is 21.8. The van der Waals surface area contributed by atoms with E-state index in [2.05, 4.69) is 20.8 Å². The van der Waals surface area contributed by atoms with E-state index in [4.69, 9.17) is 0 Å². The highest BCUT2D eigenvalue weighted by molar-refractivity contribution is 8.13. The van der Waals surface area contributed by atoms with E-state index in [9.17, 15) is 48.3 Å². The van der Waals surface area contributed by atoms with Crippen LogP contribution in [0.15, 0.2) is 0 Å². The molecule has 0 amide bonds. The van der Waals surface area contributed by atoms with Crippen molar-refractivity contribution in [2.24, 2.45) is 0 Å². The summed E-state index contributed by atoms with van der Waals surface area (Å²) in [5.74, 6) is 0. The van der Waals surface area contributed by atoms with Crippen LogP contribution in [0.25, 0.3) is 4.13 Å². The molecule has 0 bridgehead atoms. The number of unbranched alkanes of at least 4 members (excludes halogenated alkanes) is 45. The number of hydrogen-bond acceptors (Lipinski definition) is 5. The first-order valence-electron chi connectivity index (χ1n) is 30.8. The zero-order valence-electron chi connectivity index (χ0n) is 47.5. The minimum absolute atomic E-state index is 0.449. The zero-order chi connectivity index (χ0) is 54.7. The summed E-state index contributed by atoms with van der Waals surface area (Å²) in [6.07, 6.45) is 75.6. The van der Waals surface area contributed by atoms with Gasteiger partial charge < -0.3 is 9.23 Å². The Balaban J connectivity index is 0. The molecular weight excluding hydrogens is 1000 g/mol. The highest BCUT2D eigenvalue weighted by Crippen LogP contribution is 2.60. The molecule has 0 saturated heterocycles. The molecular formula is C58H116F6NO5PS2. The first-order valence-corrected chi connectivity index (χ1v) is 36.2. The van der Waals surface area contributed by atoms with E-state index in [0.717, 1.165) is 4.13 Å². The van der Waals surface area contributed by atoms with Gasteiger partial charge in [-0.15, -0.1) is 0 Å². The van der Waals surface area contributed by atoms with Crippen LogP contribution in [0.4, 0.5) is 26.3 Å². The van der Waals surface area contributed by atoms with Crippen LogP contribution in [0.1, 0.15) is 329 Å². The largest absolute Gasteiger partial charge is 0.480 e. The maximum absolute atomic E-state index is 11.4. The van der Waals surface area contributed by atoms with E-state index in [0.29, 0.717) is 6.61 Å². The van der Waals surface area contributed by atoms with Crippen LogP contribution in [0.3, 0.4) is 0 Å². The van der Waals surface area contributed by atoms with Crippen molar-refractivity contribution in [1.29, 1.82) is 0 Å². The first-order chi connectivity index (χ1) is 34.9. The van der Waals surface area contributed by atoms with Crippen molar-refractivity contribution in [3.63, 3.8) is 0 Å². The lowest BCUT2D eigenvalue weighted by molar-refractivity contribution is -0.0444. The smallest absolute Gasteiger partial charge is 0.421 e. The van der Waals surface area contributed by atoms with Crippen LogP contribution in [0.5, 0.6) is 0 Å². The SMILES string of the molecule is CCCCCCCCCCCCCCCCCC[P+](CCO)(CCCCCCCCCCCCCCCCCC)CCCCCCCCCCCCCCCCCC.O=S(=O)([N-]S(=O)(=O)C(F)(F)F)C(F)(F)F. The summed E-state index contributed by atoms with van der Waals surface area (Å²) in [5.41, 5.74) is -12.4. The molecule has 0 aromatic heterocycles. The Morgan fingerprint density at radius 3 is 0.575 bits per heavy atom. The third kappa shape index (κ3) is 48.7. The third-order valence-electron chi connectivity index (χ3n) is 14.8. The molecule has 0 heterocycles. The molecule has 0 aliphatic carbocycles. The lowest BCUT2D eigenvalue weighted by Crippen LogP contribution is -2.30. The van der Waals surface area contributed by atoms with Gasteiger partial charge in [0.2, 0.25) is 0 Å². The van der Waals surface area contributed by atoms with Gasteiger partial charge in [0.25, 0.3) is 0 Å². The summed E-state index contributed by atoms with van der Waals surface area (Å²) < 4.78 is 109. The number of alkyl halides is 6. The third-order valence-corrected chi connectivity index (χ3v) is 22.5. The van der Waals surface area contributed by atoms with Crippen LogP contribution in [0.2, 0.25) is 0 Å². The molecule has 0 rings (SSSR count). The van der Waals surface area contributed by atoms with Gasteiger partial charge in [0.1, 0.15) is 0 Å². The standard InChI is InChI=1S/C56H116OP.C2F6NO4S2/c1-4-7-10-13-16-19-22-25-28-31-34-37-40-43-46-49-53-58(56-52-57,54-50-47-44-41-38-35-32-29-26-23-20-17-14-11-8-5-2)55-51-48-45-42-39-36-33-30-27-24-21-18-15-12-9-6-3;3-1(4,5)14(10,11)9-15(12,13)2(6,7)8/h57H,4-56H2,1-3H3;/q+1;-1. The van der Waals surface area contributed by atoms with Gasteiger partial charge in [-0.1, -0.05) is 290 Å². The maximum atomic E-state index is 11.4. The summed E-state index contributed by atoms with van der Waals surface area (Å²) in [4.78, 5) is 0. The molecule has 0 radical (unpaired) electrons. The van der Waals surface area contributed by atoms with Crippen molar-refractivity contribution < 1.29 is 48.3 Å². The molecule has 0 fully saturated rings. The molecule has 0 spiro atoms. The number of nitrogens with zero attached hydrogens (tertiary/aromatic N) is 1. The predicted molar refractivity (Wildman–Crippen MR) is 305 cm³/mol. The average molecular weight is 1120 g/mol. The highest BCUT2D eigenvalue weighted by Gasteiger charge is 2.47. The van der Waals surface area contributed by atoms with Gasteiger partial charge in [0, 0.05) is 7.26 Å². The Morgan fingerprint density at radius 1 is 0.288 bits per heavy atom. The first kappa shape index (κ1) is 74.9. The fourth-order valence-corrected chi connectivity index (χ4v) is 16.2. The second kappa shape index (κ2) is 51.3. The van der Waals surface area contributed by atoms with Crippen molar-refractivity contribution in [2.75, 3.05) is 31.3 Å². The van der Waals surface area contributed by atoms with Crippen molar-refractivity contribution in [1.82, 2.24) is 0 Å². The van der Waals surface area contributed by atoms with Crippen LogP contribution in [-0.2, 0) is 20.0 Å². The Kier molecular flexibility index (Phi) is 52.6.